The zero-order chi connectivity index (χ0) is 14.7. The van der Waals surface area contributed by atoms with Gasteiger partial charge in [0, 0.05) is 13.2 Å². The maximum absolute atomic E-state index is 6.02. The second kappa shape index (κ2) is 6.79. The Morgan fingerprint density at radius 2 is 2.33 bits per heavy atom. The summed E-state index contributed by atoms with van der Waals surface area (Å²) >= 11 is 0. The third kappa shape index (κ3) is 3.08. The average molecular weight is 291 g/mol. The van der Waals surface area contributed by atoms with Crippen molar-refractivity contribution >= 4 is 7.12 Å². The number of hydrogen-bond acceptors (Lipinski definition) is 5. The van der Waals surface area contributed by atoms with E-state index in [0.717, 1.165) is 36.1 Å². The predicted molar refractivity (Wildman–Crippen MR) is 80.5 cm³/mol. The molecule has 2 unspecified atom stereocenters. The summed E-state index contributed by atoms with van der Waals surface area (Å²) in [5.41, 5.74) is 9.05. The van der Waals surface area contributed by atoms with Crippen LogP contribution in [0.3, 0.4) is 0 Å². The molecule has 0 aromatic heterocycles. The molecular formula is C15H22BNO4. The van der Waals surface area contributed by atoms with Gasteiger partial charge in [-0.25, -0.2) is 0 Å². The minimum atomic E-state index is -0.348. The third-order valence-corrected chi connectivity index (χ3v) is 3.96. The van der Waals surface area contributed by atoms with Crippen LogP contribution in [0.5, 0.6) is 0 Å². The van der Waals surface area contributed by atoms with Crippen LogP contribution in [-0.2, 0) is 18.8 Å². The molecule has 0 aromatic carbocycles. The van der Waals surface area contributed by atoms with Gasteiger partial charge in [-0.05, 0) is 35.2 Å². The highest BCUT2D eigenvalue weighted by molar-refractivity contribution is 6.57. The minimum Gasteiger partial charge on any atom is -0.497 e. The molecule has 3 aliphatic rings. The quantitative estimate of drug-likeness (QED) is 0.591. The summed E-state index contributed by atoms with van der Waals surface area (Å²) in [4.78, 5) is 0. The van der Waals surface area contributed by atoms with Gasteiger partial charge in [0.25, 0.3) is 0 Å². The maximum atomic E-state index is 6.02. The Bertz CT molecular complexity index is 474. The van der Waals surface area contributed by atoms with Crippen LogP contribution in [-0.4, -0.2) is 45.7 Å². The normalized spacial score (nSPS) is 27.3. The lowest BCUT2D eigenvalue weighted by atomic mass is 9.70. The van der Waals surface area contributed by atoms with Gasteiger partial charge in [0.2, 0.25) is 0 Å². The highest BCUT2D eigenvalue weighted by atomic mass is 16.6. The van der Waals surface area contributed by atoms with Crippen molar-refractivity contribution < 1.29 is 18.8 Å². The maximum Gasteiger partial charge on any atom is 0.495 e. The summed E-state index contributed by atoms with van der Waals surface area (Å²) in [5.74, 6) is 0. The van der Waals surface area contributed by atoms with Gasteiger partial charge in [-0.15, -0.1) is 0 Å². The second-order valence-corrected chi connectivity index (χ2v) is 5.47. The molecule has 0 saturated heterocycles. The molecule has 0 aliphatic carbocycles. The van der Waals surface area contributed by atoms with Gasteiger partial charge in [0.05, 0.1) is 25.1 Å². The van der Waals surface area contributed by atoms with E-state index in [1.165, 1.54) is 0 Å². The van der Waals surface area contributed by atoms with Gasteiger partial charge < -0.3 is 24.5 Å². The predicted octanol–water partition coefficient (Wildman–Crippen LogP) is 1.35. The van der Waals surface area contributed by atoms with Gasteiger partial charge in [0.15, 0.2) is 0 Å². The molecule has 3 aliphatic heterocycles. The highest BCUT2D eigenvalue weighted by Crippen LogP contribution is 2.36. The smallest absolute Gasteiger partial charge is 0.495 e. The SMILES string of the molecule is CCCCOCC1OB2OC(CN)C=C3C=COCC1=C23. The first-order valence-corrected chi connectivity index (χ1v) is 7.65. The molecule has 0 radical (unpaired) electrons. The van der Waals surface area contributed by atoms with Crippen molar-refractivity contribution in [3.05, 3.63) is 35.0 Å². The second-order valence-electron chi connectivity index (χ2n) is 5.47. The van der Waals surface area contributed by atoms with Crippen LogP contribution in [0.25, 0.3) is 0 Å². The fraction of sp³-hybridized carbons (Fsp3) is 0.600. The van der Waals surface area contributed by atoms with Crippen molar-refractivity contribution in [2.24, 2.45) is 5.73 Å². The minimum absolute atomic E-state index is 0.0957. The van der Waals surface area contributed by atoms with Crippen molar-refractivity contribution in [3.63, 3.8) is 0 Å². The summed E-state index contributed by atoms with van der Waals surface area (Å²) in [6, 6.07) is 0. The Morgan fingerprint density at radius 1 is 1.43 bits per heavy atom. The van der Waals surface area contributed by atoms with Crippen LogP contribution in [0, 0.1) is 0 Å². The first kappa shape index (κ1) is 14.8. The van der Waals surface area contributed by atoms with E-state index in [9.17, 15) is 0 Å². The van der Waals surface area contributed by atoms with Crippen LogP contribution in [0.2, 0.25) is 0 Å². The zero-order valence-electron chi connectivity index (χ0n) is 12.4. The zero-order valence-corrected chi connectivity index (χ0v) is 12.4. The van der Waals surface area contributed by atoms with Gasteiger partial charge in [0.1, 0.15) is 6.61 Å². The number of nitrogens with two attached hydrogens (primary N) is 1. The van der Waals surface area contributed by atoms with E-state index in [-0.39, 0.29) is 19.3 Å². The van der Waals surface area contributed by atoms with E-state index in [0.29, 0.717) is 19.8 Å². The van der Waals surface area contributed by atoms with Crippen LogP contribution < -0.4 is 5.73 Å². The summed E-state index contributed by atoms with van der Waals surface area (Å²) in [6.45, 7) is 4.42. The molecule has 2 atom stereocenters. The summed E-state index contributed by atoms with van der Waals surface area (Å²) in [6.07, 6.45) is 7.72. The Kier molecular flexibility index (Phi) is 4.80. The highest BCUT2D eigenvalue weighted by Gasteiger charge is 2.45. The van der Waals surface area contributed by atoms with Gasteiger partial charge in [-0.1, -0.05) is 13.3 Å². The van der Waals surface area contributed by atoms with Crippen LogP contribution >= 0.6 is 0 Å². The fourth-order valence-corrected chi connectivity index (χ4v) is 2.81. The Labute approximate surface area is 125 Å². The molecular weight excluding hydrogens is 269 g/mol. The van der Waals surface area contributed by atoms with Gasteiger partial charge >= 0.3 is 7.12 Å². The summed E-state index contributed by atoms with van der Waals surface area (Å²) in [7, 11) is -0.348. The molecule has 5 nitrogen and oxygen atoms in total. The molecule has 0 bridgehead atoms. The Hall–Kier alpha value is -1.08. The van der Waals surface area contributed by atoms with E-state index in [2.05, 4.69) is 6.92 Å². The third-order valence-electron chi connectivity index (χ3n) is 3.96. The summed E-state index contributed by atoms with van der Waals surface area (Å²) in [5, 5.41) is 0. The van der Waals surface area contributed by atoms with Crippen molar-refractivity contribution in [1.29, 1.82) is 0 Å². The van der Waals surface area contributed by atoms with Gasteiger partial charge in [-0.3, -0.25) is 0 Å². The van der Waals surface area contributed by atoms with Crippen LogP contribution in [0.15, 0.2) is 35.0 Å². The molecule has 0 aromatic rings. The van der Waals surface area contributed by atoms with Crippen molar-refractivity contribution in [2.75, 3.05) is 26.4 Å². The number of unbranched alkanes of at least 4 members (excludes halogenated alkanes) is 1. The fourth-order valence-electron chi connectivity index (χ4n) is 2.81. The summed E-state index contributed by atoms with van der Waals surface area (Å²) < 4.78 is 23.2. The van der Waals surface area contributed by atoms with Crippen molar-refractivity contribution in [3.8, 4) is 0 Å². The van der Waals surface area contributed by atoms with Crippen LogP contribution in [0.4, 0.5) is 0 Å². The van der Waals surface area contributed by atoms with E-state index in [4.69, 9.17) is 24.5 Å². The Morgan fingerprint density at radius 3 is 3.14 bits per heavy atom. The largest absolute Gasteiger partial charge is 0.497 e. The molecule has 3 heterocycles. The molecule has 0 amide bonds. The molecule has 6 heteroatoms. The average Bonchev–Trinajstić information content (AvgIpc) is 2.70. The van der Waals surface area contributed by atoms with E-state index < -0.39 is 0 Å². The first-order valence-electron chi connectivity index (χ1n) is 7.65. The van der Waals surface area contributed by atoms with Crippen molar-refractivity contribution in [2.45, 2.75) is 32.0 Å². The number of allylic oxidation sites excluding steroid dienone is 3. The first-order chi connectivity index (χ1) is 10.3. The number of ether oxygens (including phenoxy) is 2. The van der Waals surface area contributed by atoms with E-state index in [1.54, 1.807) is 6.26 Å². The van der Waals surface area contributed by atoms with E-state index >= 15 is 0 Å². The van der Waals surface area contributed by atoms with Crippen molar-refractivity contribution in [1.82, 2.24) is 0 Å². The number of rotatable bonds is 6. The standard InChI is InChI=1S/C15H22BNO4/c1-2-3-5-18-10-14-13-9-19-6-4-11-7-12(8-17)20-16(21-14)15(11)13/h4,6-7,12,14H,2-3,5,8-10,17H2,1H3. The monoisotopic (exact) mass is 291 g/mol. The molecule has 0 saturated carbocycles. The number of hydrogen-bond donors (Lipinski definition) is 1. The van der Waals surface area contributed by atoms with Gasteiger partial charge in [-0.2, -0.15) is 0 Å². The molecule has 0 spiro atoms. The lowest BCUT2D eigenvalue weighted by Gasteiger charge is -2.24. The Balaban J connectivity index is 1.75. The molecule has 114 valence electrons. The van der Waals surface area contributed by atoms with E-state index in [1.807, 2.05) is 12.2 Å². The molecule has 0 fully saturated rings. The lowest BCUT2D eigenvalue weighted by Crippen LogP contribution is -2.37. The molecule has 3 rings (SSSR count). The topological polar surface area (TPSA) is 62.9 Å². The molecule has 2 N–H and O–H groups in total. The molecule has 21 heavy (non-hydrogen) atoms. The lowest BCUT2D eigenvalue weighted by molar-refractivity contribution is 0.0489. The van der Waals surface area contributed by atoms with Crippen LogP contribution in [0.1, 0.15) is 19.8 Å².